The van der Waals surface area contributed by atoms with E-state index in [1.165, 1.54) is 36.8 Å². The molecule has 0 spiro atoms. The summed E-state index contributed by atoms with van der Waals surface area (Å²) in [6.07, 6.45) is -1.22. The topological polar surface area (TPSA) is 68.7 Å². The van der Waals surface area contributed by atoms with Crippen LogP contribution in [0.4, 0.5) is 13.2 Å². The zero-order valence-electron chi connectivity index (χ0n) is 17.6. The number of aromatic nitrogens is 1. The summed E-state index contributed by atoms with van der Waals surface area (Å²) >= 11 is 1.41. The van der Waals surface area contributed by atoms with Crippen LogP contribution in [-0.4, -0.2) is 23.2 Å². The van der Waals surface area contributed by atoms with Gasteiger partial charge in [0.2, 0.25) is 5.88 Å². The molecule has 172 valence electrons. The molecule has 1 fully saturated rings. The zero-order valence-corrected chi connectivity index (χ0v) is 18.4. The Bertz CT molecular complexity index is 1180. The molecule has 0 aliphatic heterocycles. The molecule has 1 saturated carbocycles. The zero-order chi connectivity index (χ0) is 23.6. The van der Waals surface area contributed by atoms with Crippen molar-refractivity contribution in [1.82, 2.24) is 4.98 Å². The first-order valence-corrected chi connectivity index (χ1v) is 10.9. The second-order valence-electron chi connectivity index (χ2n) is 7.56. The summed E-state index contributed by atoms with van der Waals surface area (Å²) < 4.78 is 49.5. The SMILES string of the molecule is COC=C(C(=O)O)c1ccccc1COc1nc(-c2ccc(C(F)(F)F)cc2)sc1C1CC1. The number of halogens is 3. The number of carboxylic acid groups (broad SMARTS) is 1. The number of carbonyl (C=O) groups is 1. The number of thiazole rings is 1. The molecule has 2 aromatic carbocycles. The first-order valence-electron chi connectivity index (χ1n) is 10.1. The Hall–Kier alpha value is -3.33. The van der Waals surface area contributed by atoms with Gasteiger partial charge in [-0.2, -0.15) is 13.2 Å². The van der Waals surface area contributed by atoms with Gasteiger partial charge >= 0.3 is 12.1 Å². The van der Waals surface area contributed by atoms with Crippen LogP contribution in [0.1, 0.15) is 40.3 Å². The lowest BCUT2D eigenvalue weighted by atomic mass is 10.0. The maximum absolute atomic E-state index is 12.9. The van der Waals surface area contributed by atoms with Gasteiger partial charge in [0.15, 0.2) is 0 Å². The predicted octanol–water partition coefficient (Wildman–Crippen LogP) is 6.36. The smallest absolute Gasteiger partial charge is 0.416 e. The molecular weight excluding hydrogens is 455 g/mol. The van der Waals surface area contributed by atoms with Crippen molar-refractivity contribution in [3.8, 4) is 16.5 Å². The number of rotatable bonds is 8. The van der Waals surface area contributed by atoms with E-state index in [-0.39, 0.29) is 12.2 Å². The number of methoxy groups -OCH3 is 1. The molecule has 0 saturated heterocycles. The van der Waals surface area contributed by atoms with Gasteiger partial charge in [0.1, 0.15) is 17.2 Å². The Balaban J connectivity index is 1.60. The Kier molecular flexibility index (Phi) is 6.42. The summed E-state index contributed by atoms with van der Waals surface area (Å²) in [6, 6.07) is 11.9. The lowest BCUT2D eigenvalue weighted by molar-refractivity contribution is -0.137. The highest BCUT2D eigenvalue weighted by Crippen LogP contribution is 2.49. The molecule has 1 aliphatic rings. The molecule has 33 heavy (non-hydrogen) atoms. The highest BCUT2D eigenvalue weighted by atomic mass is 32.1. The molecule has 1 heterocycles. The van der Waals surface area contributed by atoms with Gasteiger partial charge < -0.3 is 14.6 Å². The predicted molar refractivity (Wildman–Crippen MR) is 118 cm³/mol. The van der Waals surface area contributed by atoms with Gasteiger partial charge in [0.05, 0.1) is 23.8 Å². The first kappa shape index (κ1) is 22.8. The van der Waals surface area contributed by atoms with Gasteiger partial charge in [0.25, 0.3) is 0 Å². The van der Waals surface area contributed by atoms with Crippen molar-refractivity contribution in [2.75, 3.05) is 7.11 Å². The molecule has 0 atom stereocenters. The maximum Gasteiger partial charge on any atom is 0.416 e. The Morgan fingerprint density at radius 2 is 1.88 bits per heavy atom. The molecule has 0 unspecified atom stereocenters. The highest BCUT2D eigenvalue weighted by molar-refractivity contribution is 7.15. The summed E-state index contributed by atoms with van der Waals surface area (Å²) in [7, 11) is 1.38. The number of carboxylic acids is 1. The third-order valence-electron chi connectivity index (χ3n) is 5.17. The van der Waals surface area contributed by atoms with Crippen LogP contribution in [0, 0.1) is 0 Å². The third kappa shape index (κ3) is 5.19. The van der Waals surface area contributed by atoms with Crippen molar-refractivity contribution in [2.24, 2.45) is 0 Å². The summed E-state index contributed by atoms with van der Waals surface area (Å²) in [6.45, 7) is 0.0837. The summed E-state index contributed by atoms with van der Waals surface area (Å²) in [5, 5.41) is 10.1. The van der Waals surface area contributed by atoms with E-state index in [2.05, 4.69) is 4.98 Å². The minimum atomic E-state index is -4.39. The fourth-order valence-corrected chi connectivity index (χ4v) is 4.54. The lowest BCUT2D eigenvalue weighted by Crippen LogP contribution is -2.06. The van der Waals surface area contributed by atoms with Gasteiger partial charge in [-0.3, -0.25) is 0 Å². The van der Waals surface area contributed by atoms with Crippen LogP contribution >= 0.6 is 11.3 Å². The van der Waals surface area contributed by atoms with Crippen molar-refractivity contribution >= 4 is 22.9 Å². The third-order valence-corrected chi connectivity index (χ3v) is 6.41. The summed E-state index contributed by atoms with van der Waals surface area (Å²) in [4.78, 5) is 17.2. The summed E-state index contributed by atoms with van der Waals surface area (Å²) in [5.74, 6) is -0.375. The fourth-order valence-electron chi connectivity index (χ4n) is 3.35. The van der Waals surface area contributed by atoms with E-state index in [0.29, 0.717) is 33.5 Å². The van der Waals surface area contributed by atoms with Crippen molar-refractivity contribution in [3.63, 3.8) is 0 Å². The van der Waals surface area contributed by atoms with Crippen molar-refractivity contribution in [1.29, 1.82) is 0 Å². The number of hydrogen-bond donors (Lipinski definition) is 1. The van der Waals surface area contributed by atoms with Crippen LogP contribution in [0.5, 0.6) is 5.88 Å². The van der Waals surface area contributed by atoms with E-state index in [1.807, 2.05) is 0 Å². The van der Waals surface area contributed by atoms with Crippen LogP contribution < -0.4 is 4.74 Å². The van der Waals surface area contributed by atoms with Gasteiger partial charge in [0, 0.05) is 5.56 Å². The van der Waals surface area contributed by atoms with E-state index in [1.54, 1.807) is 24.3 Å². The van der Waals surface area contributed by atoms with Crippen LogP contribution in [0.15, 0.2) is 54.8 Å². The molecule has 9 heteroatoms. The van der Waals surface area contributed by atoms with E-state index in [0.717, 1.165) is 29.9 Å². The van der Waals surface area contributed by atoms with Crippen LogP contribution in [-0.2, 0) is 22.3 Å². The molecule has 4 rings (SSSR count). The molecular formula is C24H20F3NO4S. The molecule has 1 aromatic heterocycles. The molecule has 5 nitrogen and oxygen atoms in total. The van der Waals surface area contributed by atoms with E-state index >= 15 is 0 Å². The number of aliphatic carboxylic acids is 1. The Morgan fingerprint density at radius 3 is 2.48 bits per heavy atom. The molecule has 1 N–H and O–H groups in total. The number of ether oxygens (including phenoxy) is 2. The summed E-state index contributed by atoms with van der Waals surface area (Å²) in [5.41, 5.74) is 0.993. The highest BCUT2D eigenvalue weighted by Gasteiger charge is 2.32. The van der Waals surface area contributed by atoms with E-state index in [4.69, 9.17) is 9.47 Å². The Morgan fingerprint density at radius 1 is 1.18 bits per heavy atom. The average molecular weight is 475 g/mol. The van der Waals surface area contributed by atoms with E-state index in [9.17, 15) is 23.1 Å². The molecule has 1 aliphatic carbocycles. The van der Waals surface area contributed by atoms with Crippen molar-refractivity contribution < 1.29 is 32.5 Å². The molecule has 0 bridgehead atoms. The second-order valence-corrected chi connectivity index (χ2v) is 8.59. The minimum absolute atomic E-state index is 0.00263. The number of alkyl halides is 3. The average Bonchev–Trinajstić information content (AvgIpc) is 3.55. The maximum atomic E-state index is 12.9. The number of benzene rings is 2. The largest absolute Gasteiger partial charge is 0.503 e. The standard InChI is InChI=1S/C24H20F3NO4S/c1-31-13-19(23(29)30)18-5-3-2-4-16(18)12-32-21-20(14-6-7-14)33-22(28-21)15-8-10-17(11-9-15)24(25,26)27/h2-5,8-11,13-14H,6-7,12H2,1H3,(H,29,30). The lowest BCUT2D eigenvalue weighted by Gasteiger charge is -2.11. The van der Waals surface area contributed by atoms with Crippen LogP contribution in [0.2, 0.25) is 0 Å². The van der Waals surface area contributed by atoms with E-state index < -0.39 is 17.7 Å². The van der Waals surface area contributed by atoms with Crippen molar-refractivity contribution in [2.45, 2.75) is 31.5 Å². The fraction of sp³-hybridized carbons (Fsp3) is 0.250. The number of nitrogens with zero attached hydrogens (tertiary/aromatic N) is 1. The number of hydrogen-bond acceptors (Lipinski definition) is 5. The van der Waals surface area contributed by atoms with Gasteiger partial charge in [-0.05, 0) is 42.0 Å². The van der Waals surface area contributed by atoms with Crippen LogP contribution in [0.25, 0.3) is 16.1 Å². The van der Waals surface area contributed by atoms with Gasteiger partial charge in [-0.15, -0.1) is 11.3 Å². The first-order chi connectivity index (χ1) is 15.8. The van der Waals surface area contributed by atoms with Gasteiger partial charge in [-0.25, -0.2) is 9.78 Å². The molecule has 0 amide bonds. The normalized spacial score (nSPS) is 14.2. The van der Waals surface area contributed by atoms with Crippen molar-refractivity contribution in [3.05, 3.63) is 76.4 Å². The molecule has 3 aromatic rings. The van der Waals surface area contributed by atoms with Gasteiger partial charge in [-0.1, -0.05) is 36.4 Å². The quantitative estimate of drug-likeness (QED) is 0.303. The molecule has 0 radical (unpaired) electrons. The van der Waals surface area contributed by atoms with Crippen LogP contribution in [0.3, 0.4) is 0 Å². The Labute approximate surface area is 192 Å². The second kappa shape index (κ2) is 9.27. The monoisotopic (exact) mass is 475 g/mol. The minimum Gasteiger partial charge on any atom is -0.503 e.